The zero-order valence-corrected chi connectivity index (χ0v) is 11.4. The molecular weight excluding hydrogens is 230 g/mol. The quantitative estimate of drug-likeness (QED) is 0.699. The molecule has 2 aliphatic rings. The Hall–Kier alpha value is -0.650. The molecule has 0 saturated carbocycles. The van der Waals surface area contributed by atoms with Crippen molar-refractivity contribution >= 4 is 5.91 Å². The number of piperidine rings is 1. The number of rotatable bonds is 2. The van der Waals surface area contributed by atoms with Gasteiger partial charge in [-0.05, 0) is 19.3 Å². The number of piperazine rings is 1. The summed E-state index contributed by atoms with van der Waals surface area (Å²) in [7, 11) is 0. The number of hydrogen-bond acceptors (Lipinski definition) is 4. The van der Waals surface area contributed by atoms with Gasteiger partial charge in [-0.3, -0.25) is 9.69 Å². The van der Waals surface area contributed by atoms with Crippen molar-refractivity contribution in [1.82, 2.24) is 15.1 Å². The number of likely N-dealkylation sites (tertiary alicyclic amines) is 1. The minimum atomic E-state index is -0.247. The van der Waals surface area contributed by atoms with Gasteiger partial charge in [-0.15, -0.1) is 0 Å². The predicted octanol–water partition coefficient (Wildman–Crippen LogP) is -0.491. The normalized spacial score (nSPS) is 32.3. The van der Waals surface area contributed by atoms with E-state index in [1.165, 1.54) is 0 Å². The number of aliphatic hydroxyl groups excluding tert-OH is 1. The maximum absolute atomic E-state index is 12.4. The molecule has 2 fully saturated rings. The molecule has 1 amide bonds. The monoisotopic (exact) mass is 255 g/mol. The van der Waals surface area contributed by atoms with Crippen LogP contribution in [0, 0.1) is 5.92 Å². The van der Waals surface area contributed by atoms with Crippen LogP contribution in [0.3, 0.4) is 0 Å². The van der Waals surface area contributed by atoms with Crippen LogP contribution in [0.5, 0.6) is 0 Å². The van der Waals surface area contributed by atoms with Crippen LogP contribution in [0.2, 0.25) is 0 Å². The number of amides is 1. The molecule has 2 rings (SSSR count). The molecule has 0 aromatic heterocycles. The number of hydrogen-bond donors (Lipinski definition) is 2. The lowest BCUT2D eigenvalue weighted by Crippen LogP contribution is -2.55. The van der Waals surface area contributed by atoms with E-state index in [9.17, 15) is 9.90 Å². The highest BCUT2D eigenvalue weighted by Gasteiger charge is 2.31. The van der Waals surface area contributed by atoms with E-state index in [0.717, 1.165) is 26.2 Å². The number of carbonyl (C=O) groups is 1. The lowest BCUT2D eigenvalue weighted by atomic mass is 9.96. The molecule has 3 unspecified atom stereocenters. The van der Waals surface area contributed by atoms with E-state index in [0.29, 0.717) is 19.5 Å². The van der Waals surface area contributed by atoms with Crippen LogP contribution in [0.15, 0.2) is 0 Å². The molecule has 2 heterocycles. The summed E-state index contributed by atoms with van der Waals surface area (Å²) < 4.78 is 0. The molecule has 0 radical (unpaired) electrons. The minimum Gasteiger partial charge on any atom is -0.393 e. The second kappa shape index (κ2) is 5.99. The van der Waals surface area contributed by atoms with Crippen molar-refractivity contribution in [2.75, 3.05) is 39.3 Å². The van der Waals surface area contributed by atoms with Crippen LogP contribution >= 0.6 is 0 Å². The predicted molar refractivity (Wildman–Crippen MR) is 70.3 cm³/mol. The Balaban J connectivity index is 1.89. The van der Waals surface area contributed by atoms with Crippen LogP contribution in [0.25, 0.3) is 0 Å². The van der Waals surface area contributed by atoms with Gasteiger partial charge in [0.1, 0.15) is 0 Å². The summed E-state index contributed by atoms with van der Waals surface area (Å²) in [6.45, 7) is 9.22. The van der Waals surface area contributed by atoms with Crippen LogP contribution in [-0.2, 0) is 4.79 Å². The van der Waals surface area contributed by atoms with Gasteiger partial charge in [0.25, 0.3) is 0 Å². The Morgan fingerprint density at radius 2 is 2.00 bits per heavy atom. The third-order valence-electron chi connectivity index (χ3n) is 4.23. The Kier molecular flexibility index (Phi) is 4.59. The van der Waals surface area contributed by atoms with Gasteiger partial charge in [-0.2, -0.15) is 0 Å². The Labute approximate surface area is 109 Å². The average Bonchev–Trinajstić information content (AvgIpc) is 2.41. The highest BCUT2D eigenvalue weighted by molar-refractivity contribution is 5.81. The van der Waals surface area contributed by atoms with Crippen molar-refractivity contribution in [2.45, 2.75) is 32.4 Å². The highest BCUT2D eigenvalue weighted by Crippen LogP contribution is 2.18. The van der Waals surface area contributed by atoms with E-state index in [1.54, 1.807) is 0 Å². The number of nitrogens with zero attached hydrogens (tertiary/aromatic N) is 2. The molecule has 2 saturated heterocycles. The first-order chi connectivity index (χ1) is 8.59. The lowest BCUT2D eigenvalue weighted by Gasteiger charge is -2.39. The fourth-order valence-electron chi connectivity index (χ4n) is 2.82. The molecule has 3 atom stereocenters. The third-order valence-corrected chi connectivity index (χ3v) is 4.23. The molecule has 104 valence electrons. The van der Waals surface area contributed by atoms with Crippen LogP contribution in [0.4, 0.5) is 0 Å². The summed E-state index contributed by atoms with van der Waals surface area (Å²) in [6.07, 6.45) is 0.463. The maximum Gasteiger partial charge on any atom is 0.239 e. The smallest absolute Gasteiger partial charge is 0.239 e. The second-order valence-corrected chi connectivity index (χ2v) is 5.58. The number of aliphatic hydroxyl groups is 1. The molecule has 18 heavy (non-hydrogen) atoms. The number of nitrogens with one attached hydrogen (secondary N) is 1. The third kappa shape index (κ3) is 3.02. The molecule has 2 aliphatic heterocycles. The molecule has 2 N–H and O–H groups in total. The van der Waals surface area contributed by atoms with Gasteiger partial charge < -0.3 is 15.3 Å². The Morgan fingerprint density at radius 1 is 1.33 bits per heavy atom. The average molecular weight is 255 g/mol. The molecule has 0 spiro atoms. The van der Waals surface area contributed by atoms with Crippen molar-refractivity contribution in [2.24, 2.45) is 5.92 Å². The highest BCUT2D eigenvalue weighted by atomic mass is 16.3. The van der Waals surface area contributed by atoms with Crippen molar-refractivity contribution in [1.29, 1.82) is 0 Å². The molecule has 0 bridgehead atoms. The topological polar surface area (TPSA) is 55.8 Å². The molecule has 5 heteroatoms. The zero-order chi connectivity index (χ0) is 13.1. The molecule has 0 aromatic rings. The zero-order valence-electron chi connectivity index (χ0n) is 11.4. The van der Waals surface area contributed by atoms with E-state index in [-0.39, 0.29) is 24.0 Å². The van der Waals surface area contributed by atoms with E-state index in [1.807, 2.05) is 18.7 Å². The van der Waals surface area contributed by atoms with Gasteiger partial charge >= 0.3 is 0 Å². The van der Waals surface area contributed by atoms with Crippen molar-refractivity contribution in [3.8, 4) is 0 Å². The number of carbonyl (C=O) groups excluding carboxylic acids is 1. The van der Waals surface area contributed by atoms with Gasteiger partial charge in [0, 0.05) is 39.3 Å². The van der Waals surface area contributed by atoms with E-state index < -0.39 is 0 Å². The first kappa shape index (κ1) is 13.8. The molecular formula is C13H25N3O2. The van der Waals surface area contributed by atoms with Crippen LogP contribution < -0.4 is 5.32 Å². The first-order valence-corrected chi connectivity index (χ1v) is 7.01. The lowest BCUT2D eigenvalue weighted by molar-refractivity contribution is -0.140. The van der Waals surface area contributed by atoms with Crippen molar-refractivity contribution in [3.05, 3.63) is 0 Å². The fourth-order valence-corrected chi connectivity index (χ4v) is 2.82. The summed E-state index contributed by atoms with van der Waals surface area (Å²) in [5.74, 6) is 0.411. The van der Waals surface area contributed by atoms with E-state index >= 15 is 0 Å². The van der Waals surface area contributed by atoms with Gasteiger partial charge in [0.2, 0.25) is 5.91 Å². The molecule has 0 aliphatic carbocycles. The van der Waals surface area contributed by atoms with E-state index in [2.05, 4.69) is 10.2 Å². The summed E-state index contributed by atoms with van der Waals surface area (Å²) in [5.41, 5.74) is 0. The van der Waals surface area contributed by atoms with Crippen molar-refractivity contribution in [3.63, 3.8) is 0 Å². The van der Waals surface area contributed by atoms with E-state index in [4.69, 9.17) is 0 Å². The van der Waals surface area contributed by atoms with Gasteiger partial charge in [-0.1, -0.05) is 6.92 Å². The summed E-state index contributed by atoms with van der Waals surface area (Å²) >= 11 is 0. The van der Waals surface area contributed by atoms with Gasteiger partial charge in [0.05, 0.1) is 12.1 Å². The first-order valence-electron chi connectivity index (χ1n) is 7.01. The Bertz CT molecular complexity index is 288. The van der Waals surface area contributed by atoms with Gasteiger partial charge in [0.15, 0.2) is 0 Å². The summed E-state index contributed by atoms with van der Waals surface area (Å²) in [5, 5.41) is 13.0. The van der Waals surface area contributed by atoms with Crippen LogP contribution in [-0.4, -0.2) is 72.2 Å². The SMILES string of the molecule is CC1CN(C(=O)C(C)N2CCNCC2)CCC1O. The summed E-state index contributed by atoms with van der Waals surface area (Å²) in [4.78, 5) is 16.6. The molecule has 5 nitrogen and oxygen atoms in total. The Morgan fingerprint density at radius 3 is 2.61 bits per heavy atom. The van der Waals surface area contributed by atoms with Gasteiger partial charge in [-0.25, -0.2) is 0 Å². The fraction of sp³-hybridized carbons (Fsp3) is 0.923. The minimum absolute atomic E-state index is 0.0328. The summed E-state index contributed by atoms with van der Waals surface area (Å²) in [6, 6.07) is -0.0328. The maximum atomic E-state index is 12.4. The second-order valence-electron chi connectivity index (χ2n) is 5.58. The van der Waals surface area contributed by atoms with Crippen molar-refractivity contribution < 1.29 is 9.90 Å². The standard InChI is InChI=1S/C13H25N3O2/c1-10-9-16(6-3-12(10)17)13(18)11(2)15-7-4-14-5-8-15/h10-12,14,17H,3-9H2,1-2H3. The van der Waals surface area contributed by atoms with Crippen LogP contribution in [0.1, 0.15) is 20.3 Å². The molecule has 0 aromatic carbocycles. The largest absolute Gasteiger partial charge is 0.393 e.